The molecule has 1 heterocycles. The number of benzene rings is 1. The minimum atomic E-state index is 0.464. The lowest BCUT2D eigenvalue weighted by molar-refractivity contribution is 0.839. The topological polar surface area (TPSA) is 63.8 Å². The van der Waals surface area contributed by atoms with Gasteiger partial charge in [0.05, 0.1) is 10.7 Å². The summed E-state index contributed by atoms with van der Waals surface area (Å²) in [6.45, 7) is 4.07. The van der Waals surface area contributed by atoms with Gasteiger partial charge in [0.2, 0.25) is 0 Å². The van der Waals surface area contributed by atoms with E-state index in [1.54, 1.807) is 6.07 Å². The minimum absolute atomic E-state index is 0.464. The Morgan fingerprint density at radius 3 is 2.79 bits per heavy atom. The van der Waals surface area contributed by atoms with Gasteiger partial charge in [-0.2, -0.15) is 0 Å². The number of rotatable bonds is 4. The van der Waals surface area contributed by atoms with Gasteiger partial charge in [-0.3, -0.25) is 0 Å². The second-order valence-corrected chi connectivity index (χ2v) is 4.81. The van der Waals surface area contributed by atoms with Crippen LogP contribution in [-0.2, 0) is 6.42 Å². The molecule has 0 radical (unpaired) electrons. The fourth-order valence-electron chi connectivity index (χ4n) is 1.84. The van der Waals surface area contributed by atoms with Gasteiger partial charge < -0.3 is 11.1 Å². The molecule has 0 bridgehead atoms. The van der Waals surface area contributed by atoms with Crippen LogP contribution in [0.2, 0.25) is 5.02 Å². The number of halogens is 1. The lowest BCUT2D eigenvalue weighted by Crippen LogP contribution is -2.04. The first-order valence-corrected chi connectivity index (χ1v) is 6.63. The third-order valence-corrected chi connectivity index (χ3v) is 3.06. The molecular formula is C14H17ClN4. The number of anilines is 3. The lowest BCUT2D eigenvalue weighted by Gasteiger charge is -2.12. The van der Waals surface area contributed by atoms with Crippen molar-refractivity contribution in [3.05, 3.63) is 40.7 Å². The average Bonchev–Trinajstić information content (AvgIpc) is 2.34. The van der Waals surface area contributed by atoms with Gasteiger partial charge in [-0.25, -0.2) is 9.97 Å². The van der Waals surface area contributed by atoms with E-state index in [0.717, 1.165) is 29.9 Å². The van der Waals surface area contributed by atoms with E-state index in [2.05, 4.69) is 22.2 Å². The molecule has 0 spiro atoms. The molecule has 5 heteroatoms. The number of aromatic nitrogens is 2. The molecule has 0 saturated carbocycles. The van der Waals surface area contributed by atoms with Crippen LogP contribution in [0.4, 0.5) is 17.3 Å². The molecule has 0 aliphatic heterocycles. The zero-order chi connectivity index (χ0) is 13.8. The van der Waals surface area contributed by atoms with Crippen LogP contribution < -0.4 is 11.1 Å². The number of nitrogens with one attached hydrogen (secondary N) is 1. The SMILES string of the molecule is CCCc1nc(N)cc(Nc2c(C)cccc2Cl)n1. The number of hydrogen-bond acceptors (Lipinski definition) is 4. The molecule has 2 aromatic rings. The molecule has 2 rings (SSSR count). The van der Waals surface area contributed by atoms with E-state index >= 15 is 0 Å². The van der Waals surface area contributed by atoms with E-state index in [4.69, 9.17) is 17.3 Å². The fraction of sp³-hybridized carbons (Fsp3) is 0.286. The van der Waals surface area contributed by atoms with Crippen LogP contribution >= 0.6 is 11.6 Å². The monoisotopic (exact) mass is 276 g/mol. The molecule has 0 aliphatic rings. The summed E-state index contributed by atoms with van der Waals surface area (Å²) in [5, 5.41) is 3.88. The first kappa shape index (κ1) is 13.6. The number of aryl methyl sites for hydroxylation is 2. The van der Waals surface area contributed by atoms with Gasteiger partial charge in [-0.1, -0.05) is 30.7 Å². The maximum Gasteiger partial charge on any atom is 0.136 e. The van der Waals surface area contributed by atoms with Gasteiger partial charge in [-0.05, 0) is 25.0 Å². The molecule has 1 aromatic carbocycles. The highest BCUT2D eigenvalue weighted by Crippen LogP contribution is 2.28. The molecule has 1 aromatic heterocycles. The minimum Gasteiger partial charge on any atom is -0.384 e. The van der Waals surface area contributed by atoms with Crippen molar-refractivity contribution in [1.82, 2.24) is 9.97 Å². The molecule has 100 valence electrons. The van der Waals surface area contributed by atoms with Gasteiger partial charge in [0.15, 0.2) is 0 Å². The summed E-state index contributed by atoms with van der Waals surface area (Å²) in [5.74, 6) is 1.88. The Morgan fingerprint density at radius 1 is 1.32 bits per heavy atom. The van der Waals surface area contributed by atoms with Crippen molar-refractivity contribution in [2.24, 2.45) is 0 Å². The van der Waals surface area contributed by atoms with Crippen molar-refractivity contribution in [2.75, 3.05) is 11.1 Å². The smallest absolute Gasteiger partial charge is 0.136 e. The van der Waals surface area contributed by atoms with Crippen molar-refractivity contribution < 1.29 is 0 Å². The summed E-state index contributed by atoms with van der Waals surface area (Å²) in [7, 11) is 0. The summed E-state index contributed by atoms with van der Waals surface area (Å²) in [5.41, 5.74) is 7.70. The van der Waals surface area contributed by atoms with Crippen molar-refractivity contribution >= 4 is 28.9 Å². The Hall–Kier alpha value is -1.81. The Bertz CT molecular complexity index is 563. The van der Waals surface area contributed by atoms with Crippen molar-refractivity contribution in [3.63, 3.8) is 0 Å². The van der Waals surface area contributed by atoms with Crippen LogP contribution in [0, 0.1) is 6.92 Å². The highest BCUT2D eigenvalue weighted by Gasteiger charge is 2.07. The lowest BCUT2D eigenvalue weighted by atomic mass is 10.2. The summed E-state index contributed by atoms with van der Waals surface area (Å²) in [6.07, 6.45) is 1.79. The first-order valence-electron chi connectivity index (χ1n) is 6.25. The van der Waals surface area contributed by atoms with Gasteiger partial charge in [0, 0.05) is 12.5 Å². The van der Waals surface area contributed by atoms with Crippen LogP contribution in [0.15, 0.2) is 24.3 Å². The number of para-hydroxylation sites is 1. The standard InChI is InChI=1S/C14H17ClN4/c1-3-5-12-17-11(16)8-13(18-12)19-14-9(2)6-4-7-10(14)15/h4,6-8H,3,5H2,1-2H3,(H3,16,17,18,19). The Kier molecular flexibility index (Phi) is 4.22. The van der Waals surface area contributed by atoms with Gasteiger partial charge >= 0.3 is 0 Å². The second-order valence-electron chi connectivity index (χ2n) is 4.40. The van der Waals surface area contributed by atoms with Crippen molar-refractivity contribution in [1.29, 1.82) is 0 Å². The highest BCUT2D eigenvalue weighted by molar-refractivity contribution is 6.33. The molecule has 0 fully saturated rings. The van der Waals surface area contributed by atoms with E-state index in [0.29, 0.717) is 16.7 Å². The second kappa shape index (κ2) is 5.89. The molecule has 0 amide bonds. The van der Waals surface area contributed by atoms with E-state index in [1.165, 1.54) is 0 Å². The number of nitrogen functional groups attached to an aromatic ring is 1. The molecular weight excluding hydrogens is 260 g/mol. The predicted molar refractivity (Wildman–Crippen MR) is 79.9 cm³/mol. The summed E-state index contributed by atoms with van der Waals surface area (Å²) in [4.78, 5) is 8.64. The Balaban J connectivity index is 2.33. The molecule has 0 unspecified atom stereocenters. The summed E-state index contributed by atoms with van der Waals surface area (Å²) < 4.78 is 0. The third kappa shape index (κ3) is 3.35. The summed E-state index contributed by atoms with van der Waals surface area (Å²) in [6, 6.07) is 7.46. The van der Waals surface area contributed by atoms with E-state index in [-0.39, 0.29) is 0 Å². The zero-order valence-corrected chi connectivity index (χ0v) is 11.8. The van der Waals surface area contributed by atoms with E-state index < -0.39 is 0 Å². The fourth-order valence-corrected chi connectivity index (χ4v) is 2.10. The van der Waals surface area contributed by atoms with Crippen molar-refractivity contribution in [2.45, 2.75) is 26.7 Å². The molecule has 3 N–H and O–H groups in total. The maximum atomic E-state index is 6.18. The maximum absolute atomic E-state index is 6.18. The van der Waals surface area contributed by atoms with Crippen LogP contribution in [0.25, 0.3) is 0 Å². The van der Waals surface area contributed by atoms with Crippen LogP contribution in [0.1, 0.15) is 24.7 Å². The molecule has 4 nitrogen and oxygen atoms in total. The Labute approximate surface area is 118 Å². The van der Waals surface area contributed by atoms with Gasteiger partial charge in [0.1, 0.15) is 17.5 Å². The largest absolute Gasteiger partial charge is 0.384 e. The molecule has 19 heavy (non-hydrogen) atoms. The van der Waals surface area contributed by atoms with Crippen LogP contribution in [0.3, 0.4) is 0 Å². The molecule has 0 atom stereocenters. The average molecular weight is 277 g/mol. The van der Waals surface area contributed by atoms with E-state index in [9.17, 15) is 0 Å². The van der Waals surface area contributed by atoms with Gasteiger partial charge in [-0.15, -0.1) is 0 Å². The Morgan fingerprint density at radius 2 is 2.11 bits per heavy atom. The summed E-state index contributed by atoms with van der Waals surface area (Å²) >= 11 is 6.18. The normalized spacial score (nSPS) is 10.5. The number of nitrogens with two attached hydrogens (primary N) is 1. The third-order valence-electron chi connectivity index (χ3n) is 2.74. The molecule has 0 aliphatic carbocycles. The number of nitrogens with zero attached hydrogens (tertiary/aromatic N) is 2. The van der Waals surface area contributed by atoms with Crippen LogP contribution in [-0.4, -0.2) is 9.97 Å². The quantitative estimate of drug-likeness (QED) is 0.893. The zero-order valence-electron chi connectivity index (χ0n) is 11.1. The van der Waals surface area contributed by atoms with Gasteiger partial charge in [0.25, 0.3) is 0 Å². The van der Waals surface area contributed by atoms with Crippen LogP contribution in [0.5, 0.6) is 0 Å². The first-order chi connectivity index (χ1) is 9.10. The molecule has 0 saturated heterocycles. The highest BCUT2D eigenvalue weighted by atomic mass is 35.5. The number of hydrogen-bond donors (Lipinski definition) is 2. The predicted octanol–water partition coefficient (Wildman–Crippen LogP) is 3.72. The van der Waals surface area contributed by atoms with E-state index in [1.807, 2.05) is 25.1 Å². The van der Waals surface area contributed by atoms with Crippen molar-refractivity contribution in [3.8, 4) is 0 Å².